The standard InChI is InChI=1S/C76H148O6/c1-4-7-10-13-16-19-22-25-28-30-32-34-36-38-39-41-42-44-46-48-51-54-57-60-63-66-69-75(78)81-72-73(71-80-74(77)68-65-62-59-56-53-50-27-24-21-18-15-12-9-6-3)82-76(79)70-67-64-61-58-55-52-49-47-45-43-40-37-35-33-31-29-26-23-20-17-14-11-8-5-2/h73H,4-72H2,1-3H3. The Hall–Kier alpha value is -1.59. The summed E-state index contributed by atoms with van der Waals surface area (Å²) in [6.07, 6.45) is 85.8. The predicted octanol–water partition coefficient (Wildman–Crippen LogP) is 26.2. The highest BCUT2D eigenvalue weighted by molar-refractivity contribution is 5.71. The zero-order valence-electron chi connectivity index (χ0n) is 56.3. The van der Waals surface area contributed by atoms with Crippen LogP contribution in [0.2, 0.25) is 0 Å². The van der Waals surface area contributed by atoms with Crippen LogP contribution in [0.5, 0.6) is 0 Å². The molecule has 0 aliphatic rings. The van der Waals surface area contributed by atoms with Gasteiger partial charge < -0.3 is 14.2 Å². The first-order valence-corrected chi connectivity index (χ1v) is 38.0. The van der Waals surface area contributed by atoms with Crippen LogP contribution in [0.1, 0.15) is 451 Å². The molecule has 0 aromatic rings. The molecule has 0 saturated carbocycles. The average Bonchev–Trinajstić information content (AvgIpc) is 3.47. The molecule has 0 spiro atoms. The number of hydrogen-bond donors (Lipinski definition) is 0. The molecule has 0 saturated heterocycles. The largest absolute Gasteiger partial charge is 0.462 e. The maximum atomic E-state index is 13.0. The Morgan fingerprint density at radius 1 is 0.195 bits per heavy atom. The van der Waals surface area contributed by atoms with Gasteiger partial charge in [0.25, 0.3) is 0 Å². The fraction of sp³-hybridized carbons (Fsp3) is 0.961. The fourth-order valence-electron chi connectivity index (χ4n) is 12.2. The minimum atomic E-state index is -0.764. The summed E-state index contributed by atoms with van der Waals surface area (Å²) < 4.78 is 17.0. The van der Waals surface area contributed by atoms with Crippen LogP contribution in [0.15, 0.2) is 0 Å². The second-order valence-electron chi connectivity index (χ2n) is 26.3. The number of unbranched alkanes of at least 4 members (excludes halogenated alkanes) is 61. The molecule has 488 valence electrons. The summed E-state index contributed by atoms with van der Waals surface area (Å²) in [6.45, 7) is 6.76. The topological polar surface area (TPSA) is 78.9 Å². The molecular formula is C76H148O6. The van der Waals surface area contributed by atoms with E-state index in [-0.39, 0.29) is 31.1 Å². The van der Waals surface area contributed by atoms with E-state index in [9.17, 15) is 14.4 Å². The molecule has 0 aliphatic carbocycles. The maximum absolute atomic E-state index is 13.0. The number of ether oxygens (including phenoxy) is 3. The van der Waals surface area contributed by atoms with Crippen LogP contribution >= 0.6 is 0 Å². The van der Waals surface area contributed by atoms with Gasteiger partial charge in [-0.2, -0.15) is 0 Å². The molecule has 6 nitrogen and oxygen atoms in total. The normalized spacial score (nSPS) is 11.9. The summed E-state index contributed by atoms with van der Waals surface area (Å²) in [6, 6.07) is 0. The van der Waals surface area contributed by atoms with Crippen molar-refractivity contribution >= 4 is 17.9 Å². The number of carbonyl (C=O) groups excluding carboxylic acids is 3. The summed E-state index contributed by atoms with van der Waals surface area (Å²) >= 11 is 0. The molecule has 0 rings (SSSR count). The Morgan fingerprint density at radius 3 is 0.488 bits per heavy atom. The second kappa shape index (κ2) is 71.9. The lowest BCUT2D eigenvalue weighted by atomic mass is 10.0. The molecule has 0 radical (unpaired) electrons. The van der Waals surface area contributed by atoms with Crippen molar-refractivity contribution in [2.24, 2.45) is 0 Å². The summed E-state index contributed by atoms with van der Waals surface area (Å²) in [5.41, 5.74) is 0. The molecule has 1 unspecified atom stereocenters. The molecule has 0 aliphatic heterocycles. The predicted molar refractivity (Wildman–Crippen MR) is 358 cm³/mol. The molecule has 0 N–H and O–H groups in total. The van der Waals surface area contributed by atoms with Gasteiger partial charge in [-0.3, -0.25) is 14.4 Å². The Kier molecular flexibility index (Phi) is 70.5. The molecule has 0 amide bonds. The van der Waals surface area contributed by atoms with E-state index in [1.165, 1.54) is 353 Å². The molecule has 82 heavy (non-hydrogen) atoms. The summed E-state index contributed by atoms with van der Waals surface area (Å²) in [5.74, 6) is -0.815. The fourth-order valence-corrected chi connectivity index (χ4v) is 12.2. The zero-order chi connectivity index (χ0) is 59.2. The van der Waals surface area contributed by atoms with E-state index in [2.05, 4.69) is 20.8 Å². The van der Waals surface area contributed by atoms with Crippen LogP contribution in [0.4, 0.5) is 0 Å². The van der Waals surface area contributed by atoms with Crippen molar-refractivity contribution in [3.63, 3.8) is 0 Å². The SMILES string of the molecule is CCCCCCCCCCCCCCCCCCCCCCCCCCCCC(=O)OCC(COC(=O)CCCCCCCCCCCCCCCC)OC(=O)CCCCCCCCCCCCCCCCCCCCCCCCCC. The lowest BCUT2D eigenvalue weighted by Crippen LogP contribution is -2.30. The van der Waals surface area contributed by atoms with Crippen LogP contribution in [0.25, 0.3) is 0 Å². The van der Waals surface area contributed by atoms with E-state index < -0.39 is 6.10 Å². The third kappa shape index (κ3) is 69.2. The van der Waals surface area contributed by atoms with Crippen LogP contribution in [0.3, 0.4) is 0 Å². The molecule has 6 heteroatoms. The molecule has 0 heterocycles. The van der Waals surface area contributed by atoms with E-state index >= 15 is 0 Å². The Bertz CT molecular complexity index is 1240. The quantitative estimate of drug-likeness (QED) is 0.0343. The van der Waals surface area contributed by atoms with Crippen LogP contribution in [-0.2, 0) is 28.6 Å². The van der Waals surface area contributed by atoms with E-state index in [0.717, 1.165) is 57.8 Å². The van der Waals surface area contributed by atoms with Gasteiger partial charge >= 0.3 is 17.9 Å². The van der Waals surface area contributed by atoms with Gasteiger partial charge in [-0.25, -0.2) is 0 Å². The summed E-state index contributed by atoms with van der Waals surface area (Å²) in [4.78, 5) is 38.5. The highest BCUT2D eigenvalue weighted by Crippen LogP contribution is 2.20. The minimum absolute atomic E-state index is 0.0599. The molecule has 0 aromatic heterocycles. The first-order chi connectivity index (χ1) is 40.5. The van der Waals surface area contributed by atoms with Crippen LogP contribution in [-0.4, -0.2) is 37.2 Å². The molecule has 0 fully saturated rings. The lowest BCUT2D eigenvalue weighted by molar-refractivity contribution is -0.167. The Morgan fingerprint density at radius 2 is 0.329 bits per heavy atom. The van der Waals surface area contributed by atoms with Gasteiger partial charge in [0.15, 0.2) is 6.10 Å². The van der Waals surface area contributed by atoms with Gasteiger partial charge in [0, 0.05) is 19.3 Å². The number of rotatable bonds is 72. The maximum Gasteiger partial charge on any atom is 0.306 e. The van der Waals surface area contributed by atoms with Gasteiger partial charge in [0.2, 0.25) is 0 Å². The highest BCUT2D eigenvalue weighted by Gasteiger charge is 2.20. The molecule has 1 atom stereocenters. The van der Waals surface area contributed by atoms with E-state index in [1.807, 2.05) is 0 Å². The monoisotopic (exact) mass is 1160 g/mol. The average molecular weight is 1160 g/mol. The third-order valence-electron chi connectivity index (χ3n) is 17.9. The van der Waals surface area contributed by atoms with Crippen molar-refractivity contribution in [1.82, 2.24) is 0 Å². The smallest absolute Gasteiger partial charge is 0.306 e. The minimum Gasteiger partial charge on any atom is -0.462 e. The van der Waals surface area contributed by atoms with Gasteiger partial charge in [-0.05, 0) is 19.3 Å². The van der Waals surface area contributed by atoms with E-state index in [4.69, 9.17) is 14.2 Å². The summed E-state index contributed by atoms with van der Waals surface area (Å²) in [5, 5.41) is 0. The van der Waals surface area contributed by atoms with E-state index in [1.54, 1.807) is 0 Å². The number of esters is 3. The first kappa shape index (κ1) is 80.4. The molecule has 0 bridgehead atoms. The van der Waals surface area contributed by atoms with Crippen molar-refractivity contribution in [2.45, 2.75) is 457 Å². The Balaban J connectivity index is 4.18. The molecule has 0 aromatic carbocycles. The van der Waals surface area contributed by atoms with E-state index in [0.29, 0.717) is 19.3 Å². The van der Waals surface area contributed by atoms with Crippen LogP contribution in [0, 0.1) is 0 Å². The van der Waals surface area contributed by atoms with Gasteiger partial charge in [-0.1, -0.05) is 412 Å². The van der Waals surface area contributed by atoms with Crippen molar-refractivity contribution < 1.29 is 28.6 Å². The third-order valence-corrected chi connectivity index (χ3v) is 17.9. The Labute approximate surface area is 514 Å². The molecular weight excluding hydrogens is 1010 g/mol. The lowest BCUT2D eigenvalue weighted by Gasteiger charge is -2.18. The van der Waals surface area contributed by atoms with Gasteiger partial charge in [0.05, 0.1) is 0 Å². The zero-order valence-corrected chi connectivity index (χ0v) is 56.3. The van der Waals surface area contributed by atoms with Crippen molar-refractivity contribution in [2.75, 3.05) is 13.2 Å². The first-order valence-electron chi connectivity index (χ1n) is 38.0. The van der Waals surface area contributed by atoms with Crippen molar-refractivity contribution in [3.8, 4) is 0 Å². The highest BCUT2D eigenvalue weighted by atomic mass is 16.6. The summed E-state index contributed by atoms with van der Waals surface area (Å²) in [7, 11) is 0. The van der Waals surface area contributed by atoms with Gasteiger partial charge in [0.1, 0.15) is 13.2 Å². The van der Waals surface area contributed by atoms with Gasteiger partial charge in [-0.15, -0.1) is 0 Å². The van der Waals surface area contributed by atoms with Crippen molar-refractivity contribution in [1.29, 1.82) is 0 Å². The second-order valence-corrected chi connectivity index (χ2v) is 26.3. The van der Waals surface area contributed by atoms with Crippen LogP contribution < -0.4 is 0 Å². The number of carbonyl (C=O) groups is 3. The van der Waals surface area contributed by atoms with Crippen molar-refractivity contribution in [3.05, 3.63) is 0 Å². The number of hydrogen-bond acceptors (Lipinski definition) is 6.